The Morgan fingerprint density at radius 2 is 0.738 bits per heavy atom. The van der Waals surface area contributed by atoms with Crippen LogP contribution < -0.4 is 0 Å². The van der Waals surface area contributed by atoms with Gasteiger partial charge in [0.15, 0.2) is 17.5 Å². The van der Waals surface area contributed by atoms with Crippen molar-refractivity contribution in [2.45, 2.75) is 27.7 Å². The zero-order valence-electron chi connectivity index (χ0n) is 24.2. The predicted molar refractivity (Wildman–Crippen MR) is 175 cm³/mol. The van der Waals surface area contributed by atoms with Crippen LogP contribution in [0.2, 0.25) is 0 Å². The highest BCUT2D eigenvalue weighted by Gasteiger charge is 2.27. The molecule has 42 heavy (non-hydrogen) atoms. The molecule has 0 spiro atoms. The fraction of sp³-hybridized carbons (Fsp3) is 0.103. The van der Waals surface area contributed by atoms with Gasteiger partial charge in [-0.1, -0.05) is 103 Å². The Morgan fingerprint density at radius 3 is 1.31 bits per heavy atom. The molecule has 0 bridgehead atoms. The summed E-state index contributed by atoms with van der Waals surface area (Å²) in [4.78, 5) is 15.7. The smallest absolute Gasteiger partial charge is 0.165 e. The molecule has 0 radical (unpaired) electrons. The molecular formula is C39H29N3. The standard InChI is InChI=1S/C39H29N3/c1-22-12-9-13-23(2)32(22)37-40-38(33-24(3)14-10-15-25(33)4)42-39(41-37)36-30-19-8-7-18-29(30)34-27-17-6-5-16-26(27)28-20-11-21-31(36)35(28)34/h5-21H,1-4H3. The number of benzene rings is 6. The van der Waals surface area contributed by atoms with E-state index in [1.165, 1.54) is 38.4 Å². The Kier molecular flexibility index (Phi) is 5.39. The maximum absolute atomic E-state index is 5.29. The third-order valence-corrected chi connectivity index (χ3v) is 8.80. The van der Waals surface area contributed by atoms with Crippen molar-refractivity contribution in [2.24, 2.45) is 0 Å². The lowest BCUT2D eigenvalue weighted by Crippen LogP contribution is -2.04. The van der Waals surface area contributed by atoms with Gasteiger partial charge in [0, 0.05) is 16.7 Å². The van der Waals surface area contributed by atoms with Gasteiger partial charge in [-0.15, -0.1) is 0 Å². The largest absolute Gasteiger partial charge is 0.208 e. The van der Waals surface area contributed by atoms with E-state index in [-0.39, 0.29) is 0 Å². The van der Waals surface area contributed by atoms with Gasteiger partial charge >= 0.3 is 0 Å². The first-order valence-electron chi connectivity index (χ1n) is 14.5. The molecule has 6 aromatic carbocycles. The number of nitrogens with zero attached hydrogens (tertiary/aromatic N) is 3. The number of rotatable bonds is 3. The Labute approximate surface area is 245 Å². The summed E-state index contributed by atoms with van der Waals surface area (Å²) >= 11 is 0. The summed E-state index contributed by atoms with van der Waals surface area (Å²) in [6.45, 7) is 8.54. The van der Waals surface area contributed by atoms with Crippen LogP contribution in [-0.2, 0) is 0 Å². The third-order valence-electron chi connectivity index (χ3n) is 8.80. The summed E-state index contributed by atoms with van der Waals surface area (Å²) < 4.78 is 0. The molecule has 0 saturated carbocycles. The number of hydrogen-bond donors (Lipinski definition) is 0. The van der Waals surface area contributed by atoms with Crippen molar-refractivity contribution >= 4 is 21.5 Å². The van der Waals surface area contributed by atoms with E-state index < -0.39 is 0 Å². The average Bonchev–Trinajstić information content (AvgIpc) is 3.33. The van der Waals surface area contributed by atoms with Gasteiger partial charge in [0.05, 0.1) is 0 Å². The zero-order chi connectivity index (χ0) is 28.5. The molecule has 1 heterocycles. The summed E-state index contributed by atoms with van der Waals surface area (Å²) in [7, 11) is 0. The lowest BCUT2D eigenvalue weighted by molar-refractivity contribution is 1.06. The molecule has 3 nitrogen and oxygen atoms in total. The Hall–Kier alpha value is -5.15. The molecule has 0 atom stereocenters. The van der Waals surface area contributed by atoms with Crippen LogP contribution in [0.25, 0.3) is 78.0 Å². The van der Waals surface area contributed by atoms with E-state index in [4.69, 9.17) is 15.0 Å². The van der Waals surface area contributed by atoms with Gasteiger partial charge in [0.25, 0.3) is 0 Å². The summed E-state index contributed by atoms with van der Waals surface area (Å²) in [6, 6.07) is 36.8. The van der Waals surface area contributed by atoms with Crippen molar-refractivity contribution in [1.82, 2.24) is 15.0 Å². The van der Waals surface area contributed by atoms with E-state index in [0.29, 0.717) is 17.5 Å². The minimum absolute atomic E-state index is 0.705. The van der Waals surface area contributed by atoms with Crippen molar-refractivity contribution in [3.05, 3.63) is 125 Å². The summed E-state index contributed by atoms with van der Waals surface area (Å²) in [6.07, 6.45) is 0. The first-order valence-corrected chi connectivity index (χ1v) is 14.5. The second-order valence-corrected chi connectivity index (χ2v) is 11.4. The molecule has 1 aliphatic rings. The Balaban J connectivity index is 1.54. The van der Waals surface area contributed by atoms with E-state index in [2.05, 4.69) is 131 Å². The van der Waals surface area contributed by atoms with E-state index in [1.807, 2.05) is 0 Å². The molecule has 8 rings (SSSR count). The van der Waals surface area contributed by atoms with Crippen LogP contribution >= 0.6 is 0 Å². The first kappa shape index (κ1) is 24.6. The molecular weight excluding hydrogens is 510 g/mol. The van der Waals surface area contributed by atoms with Gasteiger partial charge in [-0.25, -0.2) is 15.0 Å². The van der Waals surface area contributed by atoms with Crippen molar-refractivity contribution in [3.8, 4) is 56.4 Å². The Morgan fingerprint density at radius 1 is 0.333 bits per heavy atom. The molecule has 1 aromatic heterocycles. The third kappa shape index (κ3) is 3.50. The Bertz CT molecular complexity index is 2130. The van der Waals surface area contributed by atoms with Gasteiger partial charge < -0.3 is 0 Å². The molecule has 7 aromatic rings. The SMILES string of the molecule is Cc1cccc(C)c1-c1nc(-c2c(C)cccc2C)nc(-c2c3ccccc3c3c4c(cccc24)-c2ccccc2-3)n1. The average molecular weight is 540 g/mol. The van der Waals surface area contributed by atoms with Crippen LogP contribution in [0.4, 0.5) is 0 Å². The quantitative estimate of drug-likeness (QED) is 0.210. The molecule has 3 heteroatoms. The van der Waals surface area contributed by atoms with Gasteiger partial charge in [-0.2, -0.15) is 0 Å². The van der Waals surface area contributed by atoms with E-state index in [1.54, 1.807) is 0 Å². The van der Waals surface area contributed by atoms with Crippen LogP contribution in [0.3, 0.4) is 0 Å². The highest BCUT2D eigenvalue weighted by molar-refractivity contribution is 6.28. The minimum atomic E-state index is 0.705. The highest BCUT2D eigenvalue weighted by Crippen LogP contribution is 2.53. The molecule has 0 fully saturated rings. The zero-order valence-corrected chi connectivity index (χ0v) is 24.2. The number of aryl methyl sites for hydroxylation is 4. The molecule has 0 saturated heterocycles. The first-order chi connectivity index (χ1) is 20.5. The fourth-order valence-electron chi connectivity index (χ4n) is 6.96. The molecule has 0 aliphatic heterocycles. The maximum atomic E-state index is 5.29. The van der Waals surface area contributed by atoms with Crippen LogP contribution in [-0.4, -0.2) is 15.0 Å². The van der Waals surface area contributed by atoms with Gasteiger partial charge in [-0.05, 0) is 93.7 Å². The fourth-order valence-corrected chi connectivity index (χ4v) is 6.96. The van der Waals surface area contributed by atoms with Crippen LogP contribution in [0.5, 0.6) is 0 Å². The number of hydrogen-bond acceptors (Lipinski definition) is 3. The summed E-state index contributed by atoms with van der Waals surface area (Å²) in [5, 5.41) is 4.82. The van der Waals surface area contributed by atoms with E-state index >= 15 is 0 Å². The van der Waals surface area contributed by atoms with Crippen molar-refractivity contribution in [1.29, 1.82) is 0 Å². The number of fused-ring (bicyclic) bond motifs is 5. The van der Waals surface area contributed by atoms with Crippen LogP contribution in [0.1, 0.15) is 22.3 Å². The summed E-state index contributed by atoms with van der Waals surface area (Å²) in [5.74, 6) is 2.13. The lowest BCUT2D eigenvalue weighted by Gasteiger charge is -2.17. The minimum Gasteiger partial charge on any atom is -0.208 e. The van der Waals surface area contributed by atoms with Crippen LogP contribution in [0, 0.1) is 27.7 Å². The second-order valence-electron chi connectivity index (χ2n) is 11.4. The molecule has 1 aliphatic carbocycles. The van der Waals surface area contributed by atoms with Gasteiger partial charge in [0.2, 0.25) is 0 Å². The predicted octanol–water partition coefficient (Wildman–Crippen LogP) is 10.1. The van der Waals surface area contributed by atoms with Gasteiger partial charge in [-0.3, -0.25) is 0 Å². The molecule has 0 unspecified atom stereocenters. The highest BCUT2D eigenvalue weighted by atomic mass is 15.0. The van der Waals surface area contributed by atoms with Crippen molar-refractivity contribution < 1.29 is 0 Å². The van der Waals surface area contributed by atoms with Crippen molar-refractivity contribution in [2.75, 3.05) is 0 Å². The second kappa shape index (κ2) is 9.19. The van der Waals surface area contributed by atoms with Crippen molar-refractivity contribution in [3.63, 3.8) is 0 Å². The summed E-state index contributed by atoms with van der Waals surface area (Å²) in [5.41, 5.74) is 12.9. The molecule has 0 N–H and O–H groups in total. The van der Waals surface area contributed by atoms with Gasteiger partial charge in [0.1, 0.15) is 0 Å². The normalized spacial score (nSPS) is 11.8. The van der Waals surface area contributed by atoms with Crippen LogP contribution in [0.15, 0.2) is 103 Å². The molecule has 200 valence electrons. The lowest BCUT2D eigenvalue weighted by atomic mass is 9.90. The van der Waals surface area contributed by atoms with E-state index in [9.17, 15) is 0 Å². The molecule has 0 amide bonds. The van der Waals surface area contributed by atoms with E-state index in [0.717, 1.165) is 44.3 Å². The number of aromatic nitrogens is 3. The topological polar surface area (TPSA) is 38.7 Å². The maximum Gasteiger partial charge on any atom is 0.165 e. The monoisotopic (exact) mass is 539 g/mol.